The molecule has 1 atom stereocenters. The van der Waals surface area contributed by atoms with Gasteiger partial charge in [0.15, 0.2) is 13.2 Å². The Morgan fingerprint density at radius 3 is 2.72 bits per heavy atom. The number of rotatable bonds is 4. The molecule has 3 rings (SSSR count). The van der Waals surface area contributed by atoms with E-state index in [0.29, 0.717) is 35.9 Å². The van der Waals surface area contributed by atoms with Gasteiger partial charge in [0, 0.05) is 18.5 Å². The fraction of sp³-hybridized carbons (Fsp3) is 0.632. The number of nitrogens with zero attached hydrogens (tertiary/aromatic N) is 2. The van der Waals surface area contributed by atoms with E-state index in [1.165, 1.54) is 19.3 Å². The Balaban J connectivity index is 1.73. The van der Waals surface area contributed by atoms with Gasteiger partial charge in [-0.1, -0.05) is 18.0 Å². The molecule has 1 aliphatic heterocycles. The number of carbonyl (C=O) groups is 1. The third-order valence-electron chi connectivity index (χ3n) is 4.83. The molecule has 1 aliphatic carbocycles. The fourth-order valence-corrected chi connectivity index (χ4v) is 3.53. The molecule has 6 heteroatoms. The second kappa shape index (κ2) is 7.32. The average molecular weight is 366 g/mol. The molecule has 136 valence electrons. The second-order valence-corrected chi connectivity index (χ2v) is 8.30. The zero-order valence-electron chi connectivity index (χ0n) is 15.1. The number of halogens is 1. The summed E-state index contributed by atoms with van der Waals surface area (Å²) < 4.78 is 13.1. The van der Waals surface area contributed by atoms with Crippen molar-refractivity contribution in [3.63, 3.8) is 0 Å². The molecule has 2 aliphatic rings. The van der Waals surface area contributed by atoms with Crippen LogP contribution in [0.25, 0.3) is 0 Å². The van der Waals surface area contributed by atoms with E-state index in [2.05, 4.69) is 4.98 Å². The minimum absolute atomic E-state index is 0.292. The summed E-state index contributed by atoms with van der Waals surface area (Å²) in [5.41, 5.74) is 0.440. The van der Waals surface area contributed by atoms with Gasteiger partial charge in [-0.25, -0.2) is 4.98 Å². The first-order chi connectivity index (χ1) is 11.8. The SMILES string of the molecule is CC(C)(C)OC(=O)[N+]1=C(COc2ncccc2Cl)CC(C2CCC2)C1. The fourth-order valence-electron chi connectivity index (χ4n) is 3.35. The van der Waals surface area contributed by atoms with Gasteiger partial charge in [-0.05, 0) is 51.7 Å². The Bertz CT molecular complexity index is 677. The summed E-state index contributed by atoms with van der Waals surface area (Å²) in [7, 11) is 0. The molecule has 0 spiro atoms. The van der Waals surface area contributed by atoms with Gasteiger partial charge in [0.25, 0.3) is 0 Å². The molecule has 1 aromatic rings. The summed E-state index contributed by atoms with van der Waals surface area (Å²) in [5.74, 6) is 1.60. The van der Waals surface area contributed by atoms with E-state index in [4.69, 9.17) is 21.1 Å². The molecule has 0 bridgehead atoms. The molecule has 1 saturated carbocycles. The molecule has 2 heterocycles. The van der Waals surface area contributed by atoms with Crippen LogP contribution in [0.3, 0.4) is 0 Å². The van der Waals surface area contributed by atoms with E-state index in [-0.39, 0.29) is 6.09 Å². The number of amides is 1. The zero-order chi connectivity index (χ0) is 18.0. The Labute approximate surface area is 154 Å². The first kappa shape index (κ1) is 18.2. The number of aromatic nitrogens is 1. The van der Waals surface area contributed by atoms with Gasteiger partial charge in [0.05, 0.1) is 0 Å². The smallest absolute Gasteiger partial charge is 0.466 e. The molecule has 25 heavy (non-hydrogen) atoms. The van der Waals surface area contributed by atoms with E-state index >= 15 is 0 Å². The van der Waals surface area contributed by atoms with Crippen LogP contribution in [0.4, 0.5) is 4.79 Å². The monoisotopic (exact) mass is 365 g/mol. The van der Waals surface area contributed by atoms with E-state index in [1.54, 1.807) is 22.9 Å². The largest absolute Gasteiger partial charge is 0.596 e. The van der Waals surface area contributed by atoms with Crippen LogP contribution in [0.1, 0.15) is 46.5 Å². The molecule has 0 saturated heterocycles. The zero-order valence-corrected chi connectivity index (χ0v) is 15.9. The maximum atomic E-state index is 12.6. The van der Waals surface area contributed by atoms with E-state index in [0.717, 1.165) is 12.1 Å². The molecule has 5 nitrogen and oxygen atoms in total. The lowest BCUT2D eigenvalue weighted by Gasteiger charge is -2.29. The number of hydrogen-bond acceptors (Lipinski definition) is 4. The summed E-state index contributed by atoms with van der Waals surface area (Å²) >= 11 is 6.10. The number of ether oxygens (including phenoxy) is 2. The topological polar surface area (TPSA) is 51.4 Å². The van der Waals surface area contributed by atoms with Crippen molar-refractivity contribution in [1.29, 1.82) is 0 Å². The summed E-state index contributed by atoms with van der Waals surface area (Å²) in [4.78, 5) is 16.8. The van der Waals surface area contributed by atoms with Crippen molar-refractivity contribution >= 4 is 23.4 Å². The molecule has 1 aromatic heterocycles. The van der Waals surface area contributed by atoms with Gasteiger partial charge in [-0.15, -0.1) is 4.58 Å². The summed E-state index contributed by atoms with van der Waals surface area (Å²) in [6, 6.07) is 3.50. The Morgan fingerprint density at radius 1 is 1.36 bits per heavy atom. The maximum absolute atomic E-state index is 12.6. The number of pyridine rings is 1. The second-order valence-electron chi connectivity index (χ2n) is 7.89. The van der Waals surface area contributed by atoms with Crippen molar-refractivity contribution in [1.82, 2.24) is 4.98 Å². The average Bonchev–Trinajstić information content (AvgIpc) is 2.86. The first-order valence-corrected chi connectivity index (χ1v) is 9.30. The Kier molecular flexibility index (Phi) is 5.32. The molecule has 1 amide bonds. The van der Waals surface area contributed by atoms with Gasteiger partial charge < -0.3 is 9.47 Å². The summed E-state index contributed by atoms with van der Waals surface area (Å²) in [6.45, 7) is 6.67. The molecule has 0 radical (unpaired) electrons. The summed E-state index contributed by atoms with van der Waals surface area (Å²) in [6.07, 6.45) is 6.03. The quantitative estimate of drug-likeness (QED) is 0.745. The Morgan fingerprint density at radius 2 is 2.12 bits per heavy atom. The third-order valence-corrected chi connectivity index (χ3v) is 5.11. The van der Waals surface area contributed by atoms with Gasteiger partial charge in [-0.3, -0.25) is 0 Å². The highest BCUT2D eigenvalue weighted by Crippen LogP contribution is 2.37. The lowest BCUT2D eigenvalue weighted by Crippen LogP contribution is -2.34. The van der Waals surface area contributed by atoms with Gasteiger partial charge in [0.1, 0.15) is 10.6 Å². The van der Waals surface area contributed by atoms with Crippen molar-refractivity contribution in [2.75, 3.05) is 13.2 Å². The van der Waals surface area contributed by atoms with Crippen LogP contribution in [0.5, 0.6) is 5.88 Å². The van der Waals surface area contributed by atoms with Gasteiger partial charge in [0.2, 0.25) is 11.6 Å². The van der Waals surface area contributed by atoms with Crippen molar-refractivity contribution in [3.8, 4) is 5.88 Å². The van der Waals surface area contributed by atoms with E-state index < -0.39 is 5.60 Å². The molecule has 1 fully saturated rings. The minimum Gasteiger partial charge on any atom is -0.466 e. The maximum Gasteiger partial charge on any atom is 0.596 e. The highest BCUT2D eigenvalue weighted by molar-refractivity contribution is 6.31. The molecule has 0 aromatic carbocycles. The van der Waals surface area contributed by atoms with Gasteiger partial charge >= 0.3 is 6.09 Å². The normalized spacial score (nSPS) is 21.2. The first-order valence-electron chi connectivity index (χ1n) is 8.92. The van der Waals surface area contributed by atoms with Crippen LogP contribution in [-0.2, 0) is 4.74 Å². The van der Waals surface area contributed by atoms with Crippen molar-refractivity contribution in [3.05, 3.63) is 23.4 Å². The van der Waals surface area contributed by atoms with Crippen molar-refractivity contribution in [2.45, 2.75) is 52.1 Å². The Hall–Kier alpha value is -1.62. The predicted octanol–water partition coefficient (Wildman–Crippen LogP) is 4.32. The van der Waals surface area contributed by atoms with E-state index in [9.17, 15) is 4.79 Å². The standard InChI is InChI=1S/C19H26ClN2O3/c1-19(2,3)25-18(23)22-11-14(13-6-4-7-13)10-15(22)12-24-17-16(20)8-5-9-21-17/h5,8-9,13-14H,4,6-7,10-12H2,1-3H3/q+1. The van der Waals surface area contributed by atoms with Crippen LogP contribution in [0, 0.1) is 11.8 Å². The number of hydrogen-bond donors (Lipinski definition) is 0. The lowest BCUT2D eigenvalue weighted by atomic mass is 9.75. The van der Waals surface area contributed by atoms with E-state index in [1.807, 2.05) is 20.8 Å². The molecule has 1 unspecified atom stereocenters. The highest BCUT2D eigenvalue weighted by atomic mass is 35.5. The molecule has 0 N–H and O–H groups in total. The molecular formula is C19H26ClN2O3+. The highest BCUT2D eigenvalue weighted by Gasteiger charge is 2.43. The molecular weight excluding hydrogens is 340 g/mol. The van der Waals surface area contributed by atoms with Crippen molar-refractivity contribution < 1.29 is 18.8 Å². The van der Waals surface area contributed by atoms with Crippen LogP contribution in [0.15, 0.2) is 18.3 Å². The van der Waals surface area contributed by atoms with Crippen LogP contribution in [-0.4, -0.2) is 40.1 Å². The van der Waals surface area contributed by atoms with Crippen LogP contribution >= 0.6 is 11.6 Å². The minimum atomic E-state index is -0.512. The van der Waals surface area contributed by atoms with Crippen LogP contribution in [0.2, 0.25) is 5.02 Å². The predicted molar refractivity (Wildman–Crippen MR) is 96.6 cm³/mol. The van der Waals surface area contributed by atoms with Crippen molar-refractivity contribution in [2.24, 2.45) is 11.8 Å². The van der Waals surface area contributed by atoms with Gasteiger partial charge in [-0.2, -0.15) is 4.79 Å². The summed E-state index contributed by atoms with van der Waals surface area (Å²) in [5, 5.41) is 0.473. The third kappa shape index (κ3) is 4.51. The number of carbonyl (C=O) groups excluding carboxylic acids is 1. The van der Waals surface area contributed by atoms with Crippen LogP contribution < -0.4 is 4.74 Å². The lowest BCUT2D eigenvalue weighted by molar-refractivity contribution is -0.451.